The second-order valence-corrected chi connectivity index (χ2v) is 4.87. The average Bonchev–Trinajstić information content (AvgIpc) is 2.81. The van der Waals surface area contributed by atoms with Gasteiger partial charge in [0.2, 0.25) is 0 Å². The molecule has 2 aliphatic heterocycles. The molecule has 0 aromatic heterocycles. The summed E-state index contributed by atoms with van der Waals surface area (Å²) in [6.07, 6.45) is 1.20. The predicted molar refractivity (Wildman–Crippen MR) is 71.1 cm³/mol. The van der Waals surface area contributed by atoms with Crippen LogP contribution in [-0.2, 0) is 9.47 Å². The standard InChI is InChI=1S/C13H26N3O2/c1-3-4-14-5-6-15(7-10-17-2)13(14)16-8-11-18-12-9-16/h3-12H2,1-2H3/q+1. The van der Waals surface area contributed by atoms with Crippen LogP contribution in [0, 0.1) is 0 Å². The molecule has 0 atom stereocenters. The molecule has 0 unspecified atom stereocenters. The van der Waals surface area contributed by atoms with Crippen molar-refractivity contribution in [3.63, 3.8) is 0 Å². The fourth-order valence-corrected chi connectivity index (χ4v) is 2.70. The molecule has 0 saturated carbocycles. The molecule has 104 valence electrons. The van der Waals surface area contributed by atoms with Crippen LogP contribution in [-0.4, -0.2) is 86.5 Å². The van der Waals surface area contributed by atoms with Crippen molar-refractivity contribution >= 4 is 5.96 Å². The Balaban J connectivity index is 2.10. The van der Waals surface area contributed by atoms with E-state index in [1.807, 2.05) is 0 Å². The lowest BCUT2D eigenvalue weighted by Crippen LogP contribution is -2.46. The third-order valence-electron chi connectivity index (χ3n) is 3.56. The minimum atomic E-state index is 0.799. The number of hydrogen-bond acceptors (Lipinski definition) is 2. The molecule has 0 spiro atoms. The first-order chi connectivity index (χ1) is 8.86. The molecule has 0 radical (unpaired) electrons. The number of nitrogens with zero attached hydrogens (tertiary/aromatic N) is 3. The van der Waals surface area contributed by atoms with Crippen LogP contribution in [0.25, 0.3) is 0 Å². The highest BCUT2D eigenvalue weighted by Gasteiger charge is 2.35. The maximum absolute atomic E-state index is 5.45. The molecular formula is C13H26N3O2+. The lowest BCUT2D eigenvalue weighted by Gasteiger charge is -2.23. The third kappa shape index (κ3) is 3.14. The van der Waals surface area contributed by atoms with Crippen molar-refractivity contribution in [3.8, 4) is 0 Å². The number of guanidine groups is 1. The Labute approximate surface area is 110 Å². The van der Waals surface area contributed by atoms with Crippen LogP contribution in [0.5, 0.6) is 0 Å². The summed E-state index contributed by atoms with van der Waals surface area (Å²) in [7, 11) is 1.77. The maximum atomic E-state index is 5.45. The van der Waals surface area contributed by atoms with Gasteiger partial charge in [-0.3, -0.25) is 14.4 Å². The largest absolute Gasteiger partial charge is 0.381 e. The van der Waals surface area contributed by atoms with E-state index in [9.17, 15) is 0 Å². The summed E-state index contributed by atoms with van der Waals surface area (Å²) in [5.41, 5.74) is 0. The molecule has 0 aromatic rings. The molecule has 2 fully saturated rings. The first kappa shape index (κ1) is 13.6. The number of methoxy groups -OCH3 is 1. The van der Waals surface area contributed by atoms with Gasteiger partial charge in [0, 0.05) is 7.11 Å². The van der Waals surface area contributed by atoms with E-state index < -0.39 is 0 Å². The Morgan fingerprint density at radius 3 is 2.44 bits per heavy atom. The smallest absolute Gasteiger partial charge is 0.350 e. The van der Waals surface area contributed by atoms with E-state index in [-0.39, 0.29) is 0 Å². The highest BCUT2D eigenvalue weighted by atomic mass is 16.5. The van der Waals surface area contributed by atoms with Gasteiger partial charge in [-0.1, -0.05) is 6.92 Å². The normalized spacial score (nSPS) is 21.0. The molecule has 0 amide bonds. The van der Waals surface area contributed by atoms with Crippen molar-refractivity contribution in [1.82, 2.24) is 9.80 Å². The number of ether oxygens (including phenoxy) is 2. The van der Waals surface area contributed by atoms with E-state index >= 15 is 0 Å². The minimum Gasteiger partial charge on any atom is -0.381 e. The lowest BCUT2D eigenvalue weighted by molar-refractivity contribution is -0.557. The number of hydrogen-bond donors (Lipinski definition) is 0. The highest BCUT2D eigenvalue weighted by molar-refractivity contribution is 5.77. The summed E-state index contributed by atoms with van der Waals surface area (Å²) >= 11 is 0. The Bertz CT molecular complexity index is 286. The first-order valence-corrected chi connectivity index (χ1v) is 7.05. The van der Waals surface area contributed by atoms with Crippen LogP contribution in [0.4, 0.5) is 0 Å². The van der Waals surface area contributed by atoms with Crippen LogP contribution < -0.4 is 0 Å². The number of morpholine rings is 1. The first-order valence-electron chi connectivity index (χ1n) is 7.05. The van der Waals surface area contributed by atoms with Crippen molar-refractivity contribution in [3.05, 3.63) is 0 Å². The van der Waals surface area contributed by atoms with E-state index in [0.29, 0.717) is 0 Å². The monoisotopic (exact) mass is 256 g/mol. The number of rotatable bonds is 5. The summed E-state index contributed by atoms with van der Waals surface area (Å²) in [6.45, 7) is 11.2. The van der Waals surface area contributed by atoms with Gasteiger partial charge in [-0.2, -0.15) is 0 Å². The summed E-state index contributed by atoms with van der Waals surface area (Å²) in [5, 5.41) is 0. The second-order valence-electron chi connectivity index (χ2n) is 4.87. The van der Waals surface area contributed by atoms with Gasteiger partial charge in [-0.15, -0.1) is 0 Å². The Morgan fingerprint density at radius 1 is 1.17 bits per heavy atom. The molecule has 0 bridgehead atoms. The van der Waals surface area contributed by atoms with Crippen LogP contribution in [0.15, 0.2) is 0 Å². The molecule has 2 rings (SSSR count). The fourth-order valence-electron chi connectivity index (χ4n) is 2.70. The SMILES string of the molecule is CCCN1CCN(CCOC)C1=[N+]1CCOCC1. The molecule has 5 heteroatoms. The van der Waals surface area contributed by atoms with Crippen LogP contribution >= 0.6 is 0 Å². The van der Waals surface area contributed by atoms with Crippen molar-refractivity contribution in [2.75, 3.05) is 66.2 Å². The molecule has 2 aliphatic rings. The molecule has 2 saturated heterocycles. The zero-order chi connectivity index (χ0) is 12.8. The Morgan fingerprint density at radius 2 is 1.83 bits per heavy atom. The van der Waals surface area contributed by atoms with Crippen molar-refractivity contribution in [2.45, 2.75) is 13.3 Å². The Hall–Kier alpha value is -0.810. The van der Waals surface area contributed by atoms with E-state index in [0.717, 1.165) is 59.1 Å². The third-order valence-corrected chi connectivity index (χ3v) is 3.56. The molecule has 0 aliphatic carbocycles. The topological polar surface area (TPSA) is 27.9 Å². The zero-order valence-electron chi connectivity index (χ0n) is 11.7. The van der Waals surface area contributed by atoms with E-state index in [2.05, 4.69) is 21.3 Å². The molecule has 0 N–H and O–H groups in total. The van der Waals surface area contributed by atoms with Crippen molar-refractivity contribution in [2.24, 2.45) is 0 Å². The van der Waals surface area contributed by atoms with Gasteiger partial charge in [0.1, 0.15) is 0 Å². The summed E-state index contributed by atoms with van der Waals surface area (Å²) < 4.78 is 13.1. The van der Waals surface area contributed by atoms with Crippen LogP contribution in [0.3, 0.4) is 0 Å². The van der Waals surface area contributed by atoms with Crippen molar-refractivity contribution < 1.29 is 14.0 Å². The van der Waals surface area contributed by atoms with Gasteiger partial charge in [0.25, 0.3) is 0 Å². The Kier molecular flexibility index (Phi) is 5.26. The van der Waals surface area contributed by atoms with Crippen LogP contribution in [0.2, 0.25) is 0 Å². The molecule has 5 nitrogen and oxygen atoms in total. The van der Waals surface area contributed by atoms with Gasteiger partial charge in [0.05, 0.1) is 59.1 Å². The average molecular weight is 256 g/mol. The van der Waals surface area contributed by atoms with Gasteiger partial charge in [-0.25, -0.2) is 0 Å². The van der Waals surface area contributed by atoms with Crippen molar-refractivity contribution in [1.29, 1.82) is 0 Å². The second kappa shape index (κ2) is 6.95. The zero-order valence-corrected chi connectivity index (χ0v) is 11.7. The lowest BCUT2D eigenvalue weighted by atomic mass is 10.4. The van der Waals surface area contributed by atoms with E-state index in [1.165, 1.54) is 12.4 Å². The quantitative estimate of drug-likeness (QED) is 0.650. The van der Waals surface area contributed by atoms with Gasteiger partial charge >= 0.3 is 5.96 Å². The molecule has 0 aromatic carbocycles. The predicted octanol–water partition coefficient (Wildman–Crippen LogP) is 0.0591. The summed E-state index contributed by atoms with van der Waals surface area (Å²) in [6, 6.07) is 0. The van der Waals surface area contributed by atoms with Gasteiger partial charge < -0.3 is 9.47 Å². The summed E-state index contributed by atoms with van der Waals surface area (Å²) in [5.74, 6) is 1.40. The summed E-state index contributed by atoms with van der Waals surface area (Å²) in [4.78, 5) is 4.98. The van der Waals surface area contributed by atoms with E-state index in [4.69, 9.17) is 9.47 Å². The van der Waals surface area contributed by atoms with E-state index in [1.54, 1.807) is 7.11 Å². The molecule has 2 heterocycles. The fraction of sp³-hybridized carbons (Fsp3) is 0.923. The van der Waals surface area contributed by atoms with Gasteiger partial charge in [0.15, 0.2) is 0 Å². The van der Waals surface area contributed by atoms with Crippen LogP contribution in [0.1, 0.15) is 13.3 Å². The minimum absolute atomic E-state index is 0.799. The molecular weight excluding hydrogens is 230 g/mol. The molecule has 18 heavy (non-hydrogen) atoms. The van der Waals surface area contributed by atoms with Gasteiger partial charge in [-0.05, 0) is 6.42 Å². The highest BCUT2D eigenvalue weighted by Crippen LogP contribution is 2.10. The maximum Gasteiger partial charge on any atom is 0.350 e.